The molecule has 1 atom stereocenters. The Kier molecular flexibility index (Phi) is 12.7. The summed E-state index contributed by atoms with van der Waals surface area (Å²) in [5, 5.41) is 2.90. The molecule has 0 aliphatic carbocycles. The minimum Gasteiger partial charge on any atom is -0.474 e. The van der Waals surface area contributed by atoms with E-state index in [0.29, 0.717) is 17.9 Å². The molecular weight excluding hydrogens is 294 g/mol. The molecule has 0 bridgehead atoms. The molecule has 0 saturated carbocycles. The summed E-state index contributed by atoms with van der Waals surface area (Å²) in [4.78, 5) is 15.7. The molecule has 0 saturated heterocycles. The summed E-state index contributed by atoms with van der Waals surface area (Å²) in [7, 11) is 2.95. The molecular formula is C17H33N3O3. The van der Waals surface area contributed by atoms with Gasteiger partial charge in [0.15, 0.2) is 5.88 Å². The highest BCUT2D eigenvalue weighted by molar-refractivity contribution is 5.82. The summed E-state index contributed by atoms with van der Waals surface area (Å²) in [6, 6.07) is -0.636. The molecule has 0 aliphatic heterocycles. The van der Waals surface area contributed by atoms with E-state index in [9.17, 15) is 4.79 Å². The van der Waals surface area contributed by atoms with Gasteiger partial charge in [0.1, 0.15) is 11.6 Å². The van der Waals surface area contributed by atoms with Crippen molar-refractivity contribution in [2.24, 2.45) is 10.7 Å². The Morgan fingerprint density at radius 2 is 1.91 bits per heavy atom. The first-order valence-electron chi connectivity index (χ1n) is 7.70. The highest BCUT2D eigenvalue weighted by Crippen LogP contribution is 2.13. The number of hydrogen-bond acceptors (Lipinski definition) is 6. The second-order valence-corrected chi connectivity index (χ2v) is 5.90. The summed E-state index contributed by atoms with van der Waals surface area (Å²) < 4.78 is 10.3. The van der Waals surface area contributed by atoms with Crippen LogP contribution in [0.2, 0.25) is 0 Å². The fraction of sp³-hybridized carbons (Fsp3) is 0.647. The van der Waals surface area contributed by atoms with Crippen LogP contribution in [-0.4, -0.2) is 38.0 Å². The van der Waals surface area contributed by atoms with E-state index in [4.69, 9.17) is 15.2 Å². The number of aliphatic imine (C=N–C) groups is 1. The van der Waals surface area contributed by atoms with Crippen LogP contribution in [0.1, 0.15) is 47.5 Å². The molecule has 0 heterocycles. The Morgan fingerprint density at radius 1 is 1.39 bits per heavy atom. The van der Waals surface area contributed by atoms with E-state index < -0.39 is 17.6 Å². The molecule has 0 aromatic carbocycles. The fourth-order valence-electron chi connectivity index (χ4n) is 1.49. The monoisotopic (exact) mass is 327 g/mol. The van der Waals surface area contributed by atoms with Crippen molar-refractivity contribution in [3.05, 3.63) is 24.2 Å². The molecule has 0 radical (unpaired) electrons. The van der Waals surface area contributed by atoms with E-state index in [0.717, 1.165) is 0 Å². The Hall–Kier alpha value is -1.98. The minimum absolute atomic E-state index is 0.303. The normalized spacial score (nSPS) is 12.9. The maximum Gasteiger partial charge on any atom is 0.328 e. The second-order valence-electron chi connectivity index (χ2n) is 5.90. The standard InChI is InChI=1S/C14H25N3O3.C3H8/c1-10(20-14(2,3)4)17-12(13(18)19-6)7-11(8-15)9-16-5;1-3-2/h8-9,12,17H,1,7,15H2,2-6H3;3H2,1-2H3/b11-8-,16-9?;. The van der Waals surface area contributed by atoms with Crippen LogP contribution >= 0.6 is 0 Å². The molecule has 0 amide bonds. The zero-order chi connectivity index (χ0) is 18.5. The quantitative estimate of drug-likeness (QED) is 0.426. The third-order valence-electron chi connectivity index (χ3n) is 2.20. The number of carbonyl (C=O) groups excluding carboxylic acids is 1. The number of hydrogen-bond donors (Lipinski definition) is 2. The fourth-order valence-corrected chi connectivity index (χ4v) is 1.49. The van der Waals surface area contributed by atoms with Crippen LogP contribution in [0.15, 0.2) is 29.2 Å². The molecule has 23 heavy (non-hydrogen) atoms. The number of esters is 1. The molecule has 134 valence electrons. The van der Waals surface area contributed by atoms with Gasteiger partial charge in [-0.25, -0.2) is 4.79 Å². The maximum atomic E-state index is 11.8. The van der Waals surface area contributed by atoms with Crippen molar-refractivity contribution < 1.29 is 14.3 Å². The van der Waals surface area contributed by atoms with E-state index in [1.165, 1.54) is 19.7 Å². The van der Waals surface area contributed by atoms with Crippen LogP contribution in [0, 0.1) is 0 Å². The molecule has 1 unspecified atom stereocenters. The van der Waals surface area contributed by atoms with Crippen molar-refractivity contribution in [2.45, 2.75) is 59.1 Å². The van der Waals surface area contributed by atoms with Gasteiger partial charge in [-0.2, -0.15) is 0 Å². The maximum absolute atomic E-state index is 11.8. The van der Waals surface area contributed by atoms with Gasteiger partial charge in [-0.15, -0.1) is 0 Å². The van der Waals surface area contributed by atoms with Gasteiger partial charge >= 0.3 is 5.97 Å². The van der Waals surface area contributed by atoms with Crippen LogP contribution in [0.5, 0.6) is 0 Å². The highest BCUT2D eigenvalue weighted by Gasteiger charge is 2.22. The molecule has 6 nitrogen and oxygen atoms in total. The lowest BCUT2D eigenvalue weighted by Crippen LogP contribution is -2.39. The Balaban J connectivity index is 0. The van der Waals surface area contributed by atoms with Crippen LogP contribution in [0.25, 0.3) is 0 Å². The molecule has 0 aromatic heterocycles. The molecule has 0 fully saturated rings. The zero-order valence-electron chi connectivity index (χ0n) is 15.6. The van der Waals surface area contributed by atoms with Crippen LogP contribution in [-0.2, 0) is 14.3 Å². The zero-order valence-corrected chi connectivity index (χ0v) is 15.6. The summed E-state index contributed by atoms with van der Waals surface area (Å²) in [6.45, 7) is 13.7. The van der Waals surface area contributed by atoms with Crippen molar-refractivity contribution >= 4 is 12.2 Å². The van der Waals surface area contributed by atoms with Crippen molar-refractivity contribution in [1.29, 1.82) is 0 Å². The molecule has 0 spiro atoms. The predicted octanol–water partition coefficient (Wildman–Crippen LogP) is 2.75. The largest absolute Gasteiger partial charge is 0.474 e. The van der Waals surface area contributed by atoms with E-state index in [1.54, 1.807) is 13.3 Å². The SMILES string of the molecule is C=C(NC(C/C(C=NC)=C/N)C(=O)OC)OC(C)(C)C.CCC. The lowest BCUT2D eigenvalue weighted by Gasteiger charge is -2.26. The average molecular weight is 327 g/mol. The minimum atomic E-state index is -0.636. The third-order valence-corrected chi connectivity index (χ3v) is 2.20. The van der Waals surface area contributed by atoms with Gasteiger partial charge in [-0.3, -0.25) is 4.99 Å². The van der Waals surface area contributed by atoms with Gasteiger partial charge in [0, 0.05) is 19.7 Å². The average Bonchev–Trinajstić information content (AvgIpc) is 2.43. The van der Waals surface area contributed by atoms with Gasteiger partial charge < -0.3 is 20.5 Å². The molecule has 0 rings (SSSR count). The first-order valence-corrected chi connectivity index (χ1v) is 7.70. The first-order chi connectivity index (χ1) is 10.6. The molecule has 0 aromatic rings. The first kappa shape index (κ1) is 23.3. The Bertz CT molecular complexity index is 410. The van der Waals surface area contributed by atoms with Gasteiger partial charge in [0.25, 0.3) is 0 Å². The summed E-state index contributed by atoms with van der Waals surface area (Å²) in [5.74, 6) is -0.120. The van der Waals surface area contributed by atoms with E-state index in [-0.39, 0.29) is 0 Å². The molecule has 6 heteroatoms. The van der Waals surface area contributed by atoms with Crippen LogP contribution in [0.4, 0.5) is 0 Å². The van der Waals surface area contributed by atoms with Crippen molar-refractivity contribution in [1.82, 2.24) is 5.32 Å². The Labute approximate surface area is 140 Å². The van der Waals surface area contributed by atoms with Gasteiger partial charge in [-0.05, 0) is 39.1 Å². The second kappa shape index (κ2) is 12.6. The summed E-state index contributed by atoms with van der Waals surface area (Å²) >= 11 is 0. The molecule has 0 aliphatic rings. The number of ether oxygens (including phenoxy) is 2. The lowest BCUT2D eigenvalue weighted by molar-refractivity contribution is -0.143. The van der Waals surface area contributed by atoms with E-state index in [2.05, 4.69) is 30.7 Å². The van der Waals surface area contributed by atoms with E-state index >= 15 is 0 Å². The van der Waals surface area contributed by atoms with Gasteiger partial charge in [0.05, 0.1) is 7.11 Å². The highest BCUT2D eigenvalue weighted by atomic mass is 16.5. The topological polar surface area (TPSA) is 85.9 Å². The van der Waals surface area contributed by atoms with E-state index in [1.807, 2.05) is 20.8 Å². The van der Waals surface area contributed by atoms with Crippen molar-refractivity contribution in [2.75, 3.05) is 14.2 Å². The lowest BCUT2D eigenvalue weighted by atomic mass is 10.1. The number of rotatable bonds is 7. The van der Waals surface area contributed by atoms with Gasteiger partial charge in [-0.1, -0.05) is 20.3 Å². The number of nitrogens with zero attached hydrogens (tertiary/aromatic N) is 1. The smallest absolute Gasteiger partial charge is 0.328 e. The summed E-state index contributed by atoms with van der Waals surface area (Å²) in [6.07, 6.45) is 4.57. The van der Waals surface area contributed by atoms with Crippen molar-refractivity contribution in [3.63, 3.8) is 0 Å². The molecule has 3 N–H and O–H groups in total. The van der Waals surface area contributed by atoms with Crippen molar-refractivity contribution in [3.8, 4) is 0 Å². The summed E-state index contributed by atoms with van der Waals surface area (Å²) in [5.41, 5.74) is 5.80. The number of methoxy groups -OCH3 is 1. The number of nitrogens with two attached hydrogens (primary N) is 1. The third kappa shape index (κ3) is 13.4. The number of nitrogens with one attached hydrogen (secondary N) is 1. The number of carbonyl (C=O) groups is 1. The predicted molar refractivity (Wildman–Crippen MR) is 96.2 cm³/mol. The Morgan fingerprint density at radius 3 is 2.26 bits per heavy atom. The van der Waals surface area contributed by atoms with Gasteiger partial charge in [0.2, 0.25) is 0 Å². The van der Waals surface area contributed by atoms with Crippen LogP contribution < -0.4 is 11.1 Å². The van der Waals surface area contributed by atoms with Crippen LogP contribution in [0.3, 0.4) is 0 Å².